The molecule has 0 fully saturated rings. The predicted octanol–water partition coefficient (Wildman–Crippen LogP) is 4.43. The molecule has 0 bridgehead atoms. The van der Waals surface area contributed by atoms with Gasteiger partial charge in [-0.15, -0.1) is 0 Å². The summed E-state index contributed by atoms with van der Waals surface area (Å²) in [7, 11) is 1.34. The molecule has 0 saturated heterocycles. The molecule has 2 rings (SSSR count). The van der Waals surface area contributed by atoms with Crippen LogP contribution in [-0.4, -0.2) is 12.1 Å². The highest BCUT2D eigenvalue weighted by Gasteiger charge is 2.35. The number of aromatic nitrogens is 1. The molecule has 0 atom stereocenters. The van der Waals surface area contributed by atoms with Gasteiger partial charge in [0.25, 0.3) is 0 Å². The second-order valence-corrected chi connectivity index (χ2v) is 4.43. The van der Waals surface area contributed by atoms with Crippen molar-refractivity contribution in [3.63, 3.8) is 0 Å². The van der Waals surface area contributed by atoms with Crippen molar-refractivity contribution < 1.29 is 22.6 Å². The lowest BCUT2D eigenvalue weighted by Crippen LogP contribution is -2.07. The number of benzene rings is 1. The normalized spacial score (nSPS) is 10.9. The van der Waals surface area contributed by atoms with Crippen LogP contribution in [0.4, 0.5) is 13.2 Å². The number of hydrogen-bond acceptors (Lipinski definition) is 4. The summed E-state index contributed by atoms with van der Waals surface area (Å²) in [6.07, 6.45) is -3.67. The fourth-order valence-electron chi connectivity index (χ4n) is 1.64. The van der Waals surface area contributed by atoms with Crippen molar-refractivity contribution in [3.05, 3.63) is 46.6 Å². The Hall–Kier alpha value is -2.46. The van der Waals surface area contributed by atoms with Crippen molar-refractivity contribution in [3.8, 4) is 23.4 Å². The quantitative estimate of drug-likeness (QED) is 0.836. The summed E-state index contributed by atoms with van der Waals surface area (Å²) < 4.78 is 48.7. The molecule has 114 valence electrons. The van der Waals surface area contributed by atoms with Gasteiger partial charge in [-0.25, -0.2) is 4.98 Å². The Morgan fingerprint density at radius 2 is 1.95 bits per heavy atom. The molecule has 22 heavy (non-hydrogen) atoms. The van der Waals surface area contributed by atoms with Gasteiger partial charge >= 0.3 is 6.18 Å². The van der Waals surface area contributed by atoms with Gasteiger partial charge < -0.3 is 9.47 Å². The molecule has 0 amide bonds. The lowest BCUT2D eigenvalue weighted by atomic mass is 10.2. The zero-order chi connectivity index (χ0) is 16.3. The minimum absolute atomic E-state index is 0.0928. The highest BCUT2D eigenvalue weighted by Crippen LogP contribution is 2.40. The molecule has 0 aliphatic heterocycles. The Morgan fingerprint density at radius 1 is 1.23 bits per heavy atom. The van der Waals surface area contributed by atoms with Crippen LogP contribution in [0, 0.1) is 11.3 Å². The topological polar surface area (TPSA) is 55.1 Å². The minimum Gasteiger partial charge on any atom is -0.493 e. The van der Waals surface area contributed by atoms with Crippen molar-refractivity contribution in [2.75, 3.05) is 7.11 Å². The fourth-order valence-corrected chi connectivity index (χ4v) is 1.90. The Balaban J connectivity index is 2.42. The first-order chi connectivity index (χ1) is 10.4. The maximum atomic E-state index is 12.8. The molecule has 0 N–H and O–H groups in total. The SMILES string of the molecule is COc1cc(C#N)ccc1Oc1nccc(C(F)(F)F)c1Cl. The average Bonchev–Trinajstić information content (AvgIpc) is 2.48. The second kappa shape index (κ2) is 6.12. The molecule has 0 unspecified atom stereocenters. The van der Waals surface area contributed by atoms with Crippen molar-refractivity contribution in [1.82, 2.24) is 4.98 Å². The first kappa shape index (κ1) is 15.9. The summed E-state index contributed by atoms with van der Waals surface area (Å²) in [6.45, 7) is 0. The Kier molecular flexibility index (Phi) is 4.43. The molecular formula is C14H8ClF3N2O2. The number of nitrogens with zero attached hydrogens (tertiary/aromatic N) is 2. The number of alkyl halides is 3. The Bertz CT molecular complexity index is 742. The zero-order valence-electron chi connectivity index (χ0n) is 11.1. The third kappa shape index (κ3) is 3.23. The molecule has 0 aliphatic rings. The predicted molar refractivity (Wildman–Crippen MR) is 72.0 cm³/mol. The number of nitriles is 1. The smallest absolute Gasteiger partial charge is 0.418 e. The number of ether oxygens (including phenoxy) is 2. The number of halogens is 4. The van der Waals surface area contributed by atoms with E-state index in [-0.39, 0.29) is 11.5 Å². The van der Waals surface area contributed by atoms with Crippen molar-refractivity contribution in [2.24, 2.45) is 0 Å². The second-order valence-electron chi connectivity index (χ2n) is 4.05. The monoisotopic (exact) mass is 328 g/mol. The standard InChI is InChI=1S/C14H8ClF3N2O2/c1-21-11-6-8(7-19)2-3-10(11)22-13-12(15)9(4-5-20-13)14(16,17)18/h2-6H,1H3. The molecule has 1 heterocycles. The van der Waals surface area contributed by atoms with Gasteiger partial charge in [-0.05, 0) is 18.2 Å². The van der Waals surface area contributed by atoms with Gasteiger partial charge in [-0.1, -0.05) is 11.6 Å². The number of rotatable bonds is 3. The van der Waals surface area contributed by atoms with Crippen LogP contribution in [0.5, 0.6) is 17.4 Å². The highest BCUT2D eigenvalue weighted by atomic mass is 35.5. The van der Waals surface area contributed by atoms with Gasteiger partial charge in [0.15, 0.2) is 11.5 Å². The van der Waals surface area contributed by atoms with E-state index in [9.17, 15) is 13.2 Å². The molecule has 0 spiro atoms. The van der Waals surface area contributed by atoms with Crippen molar-refractivity contribution in [1.29, 1.82) is 5.26 Å². The van der Waals surface area contributed by atoms with E-state index in [2.05, 4.69) is 4.98 Å². The Morgan fingerprint density at radius 3 is 2.55 bits per heavy atom. The van der Waals surface area contributed by atoms with Crippen molar-refractivity contribution >= 4 is 11.6 Å². The van der Waals surface area contributed by atoms with E-state index in [1.165, 1.54) is 25.3 Å². The molecule has 2 aromatic rings. The van der Waals surface area contributed by atoms with Crippen LogP contribution < -0.4 is 9.47 Å². The minimum atomic E-state index is -4.62. The van der Waals surface area contributed by atoms with Gasteiger partial charge in [-0.2, -0.15) is 18.4 Å². The number of hydrogen-bond donors (Lipinski definition) is 0. The van der Waals surface area contributed by atoms with Crippen LogP contribution >= 0.6 is 11.6 Å². The molecule has 0 radical (unpaired) electrons. The maximum absolute atomic E-state index is 12.8. The first-order valence-electron chi connectivity index (χ1n) is 5.84. The zero-order valence-corrected chi connectivity index (χ0v) is 11.9. The van der Waals surface area contributed by atoms with Crippen LogP contribution in [0.2, 0.25) is 5.02 Å². The van der Waals surface area contributed by atoms with E-state index in [1.807, 2.05) is 6.07 Å². The third-order valence-corrected chi connectivity index (χ3v) is 3.03. The van der Waals surface area contributed by atoms with Gasteiger partial charge in [0.2, 0.25) is 5.88 Å². The van der Waals surface area contributed by atoms with Crippen LogP contribution in [0.1, 0.15) is 11.1 Å². The van der Waals surface area contributed by atoms with E-state index in [0.717, 1.165) is 12.3 Å². The first-order valence-corrected chi connectivity index (χ1v) is 6.22. The summed E-state index contributed by atoms with van der Waals surface area (Å²) in [6, 6.07) is 6.86. The summed E-state index contributed by atoms with van der Waals surface area (Å²) in [5.41, 5.74) is -0.737. The molecule has 1 aromatic heterocycles. The molecule has 4 nitrogen and oxygen atoms in total. The maximum Gasteiger partial charge on any atom is 0.418 e. The Labute approximate surface area is 128 Å². The van der Waals surface area contributed by atoms with Crippen molar-refractivity contribution in [2.45, 2.75) is 6.18 Å². The van der Waals surface area contributed by atoms with E-state index in [0.29, 0.717) is 5.56 Å². The molecular weight excluding hydrogens is 321 g/mol. The highest BCUT2D eigenvalue weighted by molar-refractivity contribution is 6.32. The van der Waals surface area contributed by atoms with E-state index in [4.69, 9.17) is 26.3 Å². The lowest BCUT2D eigenvalue weighted by Gasteiger charge is -2.13. The van der Waals surface area contributed by atoms with Crippen LogP contribution in [0.25, 0.3) is 0 Å². The fraction of sp³-hybridized carbons (Fsp3) is 0.143. The van der Waals surface area contributed by atoms with Crippen LogP contribution in [0.3, 0.4) is 0 Å². The average molecular weight is 329 g/mol. The largest absolute Gasteiger partial charge is 0.493 e. The van der Waals surface area contributed by atoms with Gasteiger partial charge in [-0.3, -0.25) is 0 Å². The number of pyridine rings is 1. The number of methoxy groups -OCH3 is 1. The van der Waals surface area contributed by atoms with Gasteiger partial charge in [0.1, 0.15) is 5.02 Å². The summed E-state index contributed by atoms with van der Waals surface area (Å²) in [5.74, 6) is -0.135. The lowest BCUT2D eigenvalue weighted by molar-refractivity contribution is -0.137. The summed E-state index contributed by atoms with van der Waals surface area (Å²) in [4.78, 5) is 3.69. The van der Waals surface area contributed by atoms with Crippen LogP contribution in [0.15, 0.2) is 30.5 Å². The van der Waals surface area contributed by atoms with Gasteiger partial charge in [0.05, 0.1) is 24.3 Å². The van der Waals surface area contributed by atoms with Gasteiger partial charge in [0, 0.05) is 12.3 Å². The third-order valence-electron chi connectivity index (χ3n) is 2.66. The van der Waals surface area contributed by atoms with E-state index in [1.54, 1.807) is 0 Å². The molecule has 8 heteroatoms. The molecule has 1 aromatic carbocycles. The summed E-state index contributed by atoms with van der Waals surface area (Å²) in [5, 5.41) is 8.15. The van der Waals surface area contributed by atoms with E-state index >= 15 is 0 Å². The van der Waals surface area contributed by atoms with E-state index < -0.39 is 22.6 Å². The summed E-state index contributed by atoms with van der Waals surface area (Å²) >= 11 is 5.70. The van der Waals surface area contributed by atoms with Crippen LogP contribution in [-0.2, 0) is 6.18 Å². The molecule has 0 saturated carbocycles. The molecule has 0 aliphatic carbocycles.